The van der Waals surface area contributed by atoms with Crippen LogP contribution in [0.15, 0.2) is 36.5 Å². The highest BCUT2D eigenvalue weighted by Crippen LogP contribution is 2.44. The van der Waals surface area contributed by atoms with Gasteiger partial charge in [0, 0.05) is 37.7 Å². The van der Waals surface area contributed by atoms with E-state index in [1.54, 1.807) is 17.9 Å². The van der Waals surface area contributed by atoms with Crippen molar-refractivity contribution in [2.45, 2.75) is 78.0 Å². The fraction of sp³-hybridized carbons (Fsp3) is 0.536. The minimum atomic E-state index is -0.510. The van der Waals surface area contributed by atoms with Gasteiger partial charge < -0.3 is 19.9 Å². The standard InChI is InChI=1S/C28H37FN4O3/c1-17-18(2)33(19(3)34)24-9-7-21(15-23(24)26(17)31-25-10-8-22(29)16-30-25)20-11-13-32(14-12-20)27(35)36-28(4,5)6/h7-10,15-18,20,26H,11-14H2,1-6H3,(H,30,31). The summed E-state index contributed by atoms with van der Waals surface area (Å²) in [5.74, 6) is 0.622. The molecule has 1 saturated heterocycles. The first-order valence-corrected chi connectivity index (χ1v) is 12.7. The molecular formula is C28H37FN4O3. The maximum atomic E-state index is 13.4. The lowest BCUT2D eigenvalue weighted by Crippen LogP contribution is -2.48. The highest BCUT2D eigenvalue weighted by molar-refractivity contribution is 5.94. The summed E-state index contributed by atoms with van der Waals surface area (Å²) in [6.45, 7) is 12.7. The van der Waals surface area contributed by atoms with Crippen molar-refractivity contribution in [2.75, 3.05) is 23.3 Å². The van der Waals surface area contributed by atoms with Crippen molar-refractivity contribution in [1.29, 1.82) is 0 Å². The van der Waals surface area contributed by atoms with Crippen LogP contribution in [-0.4, -0.2) is 46.6 Å². The number of carbonyl (C=O) groups is 2. The van der Waals surface area contributed by atoms with Crippen molar-refractivity contribution in [3.05, 3.63) is 53.5 Å². The number of hydrogen-bond acceptors (Lipinski definition) is 5. The van der Waals surface area contributed by atoms with E-state index in [1.165, 1.54) is 17.8 Å². The molecule has 0 spiro atoms. The number of anilines is 2. The predicted molar refractivity (Wildman–Crippen MR) is 139 cm³/mol. The van der Waals surface area contributed by atoms with Crippen LogP contribution in [0.2, 0.25) is 0 Å². The number of hydrogen-bond donors (Lipinski definition) is 1. The second-order valence-electron chi connectivity index (χ2n) is 11.0. The quantitative estimate of drug-likeness (QED) is 0.574. The van der Waals surface area contributed by atoms with Gasteiger partial charge in [0.2, 0.25) is 5.91 Å². The Morgan fingerprint density at radius 2 is 1.81 bits per heavy atom. The number of fused-ring (bicyclic) bond motifs is 1. The second-order valence-corrected chi connectivity index (χ2v) is 11.0. The molecule has 1 aromatic heterocycles. The van der Waals surface area contributed by atoms with E-state index in [0.29, 0.717) is 24.8 Å². The Morgan fingerprint density at radius 3 is 2.39 bits per heavy atom. The van der Waals surface area contributed by atoms with Gasteiger partial charge in [0.1, 0.15) is 17.2 Å². The molecule has 8 heteroatoms. The number of halogens is 1. The first-order chi connectivity index (χ1) is 16.9. The van der Waals surface area contributed by atoms with Crippen molar-refractivity contribution in [1.82, 2.24) is 9.88 Å². The zero-order valence-electron chi connectivity index (χ0n) is 22.0. The first-order valence-electron chi connectivity index (χ1n) is 12.7. The molecule has 2 amide bonds. The maximum Gasteiger partial charge on any atom is 0.410 e. The van der Waals surface area contributed by atoms with Gasteiger partial charge in [0.05, 0.1) is 12.2 Å². The van der Waals surface area contributed by atoms with Gasteiger partial charge in [-0.15, -0.1) is 0 Å². The Balaban J connectivity index is 1.60. The Labute approximate surface area is 213 Å². The largest absolute Gasteiger partial charge is 0.444 e. The molecule has 194 valence electrons. The van der Waals surface area contributed by atoms with Gasteiger partial charge in [-0.05, 0) is 75.8 Å². The van der Waals surface area contributed by atoms with Gasteiger partial charge in [-0.1, -0.05) is 19.1 Å². The van der Waals surface area contributed by atoms with Crippen molar-refractivity contribution < 1.29 is 18.7 Å². The molecule has 3 atom stereocenters. The second kappa shape index (κ2) is 10.1. The lowest BCUT2D eigenvalue weighted by atomic mass is 9.80. The molecule has 2 aliphatic rings. The Hall–Kier alpha value is -3.16. The van der Waals surface area contributed by atoms with E-state index >= 15 is 0 Å². The number of carbonyl (C=O) groups excluding carboxylic acids is 2. The molecule has 1 aromatic carbocycles. The average Bonchev–Trinajstić information content (AvgIpc) is 2.82. The van der Waals surface area contributed by atoms with Crippen molar-refractivity contribution in [3.8, 4) is 0 Å². The number of benzene rings is 1. The molecule has 0 saturated carbocycles. The monoisotopic (exact) mass is 496 g/mol. The summed E-state index contributed by atoms with van der Waals surface area (Å²) in [6.07, 6.45) is 2.63. The molecule has 1 N–H and O–H groups in total. The molecule has 2 aromatic rings. The summed E-state index contributed by atoms with van der Waals surface area (Å²) < 4.78 is 19.0. The van der Waals surface area contributed by atoms with Crippen molar-refractivity contribution in [2.24, 2.45) is 5.92 Å². The molecular weight excluding hydrogens is 459 g/mol. The lowest BCUT2D eigenvalue weighted by Gasteiger charge is -2.44. The van der Waals surface area contributed by atoms with E-state index in [0.717, 1.165) is 24.1 Å². The smallest absolute Gasteiger partial charge is 0.410 e. The third-order valence-electron chi connectivity index (χ3n) is 7.33. The van der Waals surface area contributed by atoms with Gasteiger partial charge in [0.25, 0.3) is 0 Å². The van der Waals surface area contributed by atoms with Crippen molar-refractivity contribution in [3.63, 3.8) is 0 Å². The minimum absolute atomic E-state index is 0.00683. The van der Waals surface area contributed by atoms with Crippen LogP contribution in [0.3, 0.4) is 0 Å². The summed E-state index contributed by atoms with van der Waals surface area (Å²) >= 11 is 0. The van der Waals surface area contributed by atoms with Gasteiger partial charge in [0.15, 0.2) is 0 Å². The van der Waals surface area contributed by atoms with Crippen molar-refractivity contribution >= 4 is 23.5 Å². The highest BCUT2D eigenvalue weighted by Gasteiger charge is 2.39. The number of ether oxygens (including phenoxy) is 1. The molecule has 4 rings (SSSR count). The Morgan fingerprint density at radius 1 is 1.11 bits per heavy atom. The SMILES string of the molecule is CC(=O)N1c2ccc(C3CCN(C(=O)OC(C)(C)C)CC3)cc2C(Nc2ccc(F)cn2)C(C)C1C. The summed E-state index contributed by atoms with van der Waals surface area (Å²) in [6, 6.07) is 9.27. The maximum absolute atomic E-state index is 13.4. The number of aromatic nitrogens is 1. The minimum Gasteiger partial charge on any atom is -0.444 e. The zero-order valence-corrected chi connectivity index (χ0v) is 22.0. The highest BCUT2D eigenvalue weighted by atomic mass is 19.1. The third-order valence-corrected chi connectivity index (χ3v) is 7.33. The number of nitrogens with zero attached hydrogens (tertiary/aromatic N) is 3. The van der Waals surface area contributed by atoms with Crippen LogP contribution in [-0.2, 0) is 9.53 Å². The third kappa shape index (κ3) is 5.47. The summed E-state index contributed by atoms with van der Waals surface area (Å²) in [5.41, 5.74) is 2.61. The van der Waals surface area contributed by atoms with Crippen LogP contribution >= 0.6 is 0 Å². The van der Waals surface area contributed by atoms with Crippen LogP contribution in [0.4, 0.5) is 20.7 Å². The molecule has 0 aliphatic carbocycles. The normalized spacial score (nSPS) is 22.7. The molecule has 2 aliphatic heterocycles. The Kier molecular flexibility index (Phi) is 7.25. The molecule has 0 bridgehead atoms. The summed E-state index contributed by atoms with van der Waals surface area (Å²) in [4.78, 5) is 32.9. The number of nitrogens with one attached hydrogen (secondary N) is 1. The Bertz CT molecular complexity index is 1110. The van der Waals surface area contributed by atoms with E-state index in [1.807, 2.05) is 31.7 Å². The van der Waals surface area contributed by atoms with E-state index in [4.69, 9.17) is 4.74 Å². The zero-order chi connectivity index (χ0) is 26.2. The number of rotatable bonds is 3. The van der Waals surface area contributed by atoms with E-state index in [9.17, 15) is 14.0 Å². The van der Waals surface area contributed by atoms with Gasteiger partial charge >= 0.3 is 6.09 Å². The van der Waals surface area contributed by atoms with Gasteiger partial charge in [-0.3, -0.25) is 4.79 Å². The van der Waals surface area contributed by atoms with Gasteiger partial charge in [-0.2, -0.15) is 0 Å². The molecule has 1 fully saturated rings. The van der Waals surface area contributed by atoms with E-state index < -0.39 is 5.60 Å². The molecule has 36 heavy (non-hydrogen) atoms. The fourth-order valence-electron chi connectivity index (χ4n) is 5.32. The first kappa shape index (κ1) is 25.9. The summed E-state index contributed by atoms with van der Waals surface area (Å²) in [5, 5.41) is 3.49. The molecule has 7 nitrogen and oxygen atoms in total. The van der Waals surface area contributed by atoms with Crippen LogP contribution in [0.1, 0.15) is 77.5 Å². The summed E-state index contributed by atoms with van der Waals surface area (Å²) in [7, 11) is 0. The van der Waals surface area contributed by atoms with Gasteiger partial charge in [-0.25, -0.2) is 14.2 Å². The molecule has 3 unspecified atom stereocenters. The van der Waals surface area contributed by atoms with Crippen LogP contribution in [0.25, 0.3) is 0 Å². The van der Waals surface area contributed by atoms with Crippen LogP contribution < -0.4 is 10.2 Å². The van der Waals surface area contributed by atoms with E-state index in [2.05, 4.69) is 36.3 Å². The fourth-order valence-corrected chi connectivity index (χ4v) is 5.32. The number of likely N-dealkylation sites (tertiary alicyclic amines) is 1. The lowest BCUT2D eigenvalue weighted by molar-refractivity contribution is -0.117. The topological polar surface area (TPSA) is 74.8 Å². The average molecular weight is 497 g/mol. The van der Waals surface area contributed by atoms with Crippen LogP contribution in [0, 0.1) is 11.7 Å². The molecule has 3 heterocycles. The van der Waals surface area contributed by atoms with Crippen LogP contribution in [0.5, 0.6) is 0 Å². The predicted octanol–water partition coefficient (Wildman–Crippen LogP) is 5.88. The number of amides is 2. The molecule has 0 radical (unpaired) electrons. The van der Waals surface area contributed by atoms with E-state index in [-0.39, 0.29) is 35.8 Å². The number of piperidine rings is 1. The number of pyridine rings is 1.